The van der Waals surface area contributed by atoms with Crippen LogP contribution in [-0.4, -0.2) is 18.2 Å². The molecule has 5 heteroatoms. The van der Waals surface area contributed by atoms with E-state index < -0.39 is 5.97 Å². The third-order valence-electron chi connectivity index (χ3n) is 9.47. The van der Waals surface area contributed by atoms with Crippen molar-refractivity contribution < 1.29 is 23.8 Å². The molecule has 0 radical (unpaired) electrons. The fourth-order valence-corrected chi connectivity index (χ4v) is 8.09. The van der Waals surface area contributed by atoms with E-state index in [-0.39, 0.29) is 23.6 Å². The van der Waals surface area contributed by atoms with Gasteiger partial charge in [-0.05, 0) is 120 Å². The highest BCUT2D eigenvalue weighted by molar-refractivity contribution is 5.72. The van der Waals surface area contributed by atoms with Gasteiger partial charge in [-0.15, -0.1) is 0 Å². The Morgan fingerprint density at radius 2 is 1.67 bits per heavy atom. The van der Waals surface area contributed by atoms with Gasteiger partial charge in [-0.1, -0.05) is 37.3 Å². The van der Waals surface area contributed by atoms with Crippen molar-refractivity contribution in [3.63, 3.8) is 0 Å². The Balaban J connectivity index is 1.34. The first-order valence-electron chi connectivity index (χ1n) is 14.2. The molecule has 39 heavy (non-hydrogen) atoms. The monoisotopic (exact) mass is 528 g/mol. The lowest BCUT2D eigenvalue weighted by atomic mass is 9.47. The topological polar surface area (TPSA) is 55.8 Å². The molecule has 1 atom stereocenters. The van der Waals surface area contributed by atoms with Crippen molar-refractivity contribution in [2.45, 2.75) is 69.8 Å². The quantitative estimate of drug-likeness (QED) is 0.305. The molecule has 0 unspecified atom stereocenters. The van der Waals surface area contributed by atoms with Crippen molar-refractivity contribution in [1.82, 2.24) is 0 Å². The van der Waals surface area contributed by atoms with E-state index in [9.17, 15) is 9.90 Å². The minimum absolute atomic E-state index is 0.0835. The molecule has 4 fully saturated rings. The maximum Gasteiger partial charge on any atom is 0.303 e. The Morgan fingerprint density at radius 1 is 0.949 bits per heavy atom. The van der Waals surface area contributed by atoms with Gasteiger partial charge >= 0.3 is 5.97 Å². The number of rotatable bonds is 9. The molecule has 7 rings (SSSR count). The van der Waals surface area contributed by atoms with Crippen LogP contribution in [0, 0.1) is 23.6 Å². The molecule has 0 heterocycles. The third kappa shape index (κ3) is 5.16. The lowest BCUT2D eigenvalue weighted by molar-refractivity contribution is -0.137. The van der Waals surface area contributed by atoms with Crippen molar-refractivity contribution in [3.8, 4) is 22.6 Å². The Labute approximate surface area is 230 Å². The standard InChI is InChI=1S/C34H37FO4/c1-21(10-33(36)37)26-4-3-5-28(15-26)39-20-22-6-8-29(30-16-27(38-2)7-9-32(30)35)31(14-22)34-17-23-11-24(18-34)13-25(12-23)19-34/h3-9,14-16,21,23-25H,10-13,17-20H2,1-2H3,(H,36,37)/t21-,23?,24?,25?,34?/m1/s1. The first-order valence-corrected chi connectivity index (χ1v) is 14.2. The number of carboxylic acid groups (broad SMARTS) is 1. The van der Waals surface area contributed by atoms with Crippen LogP contribution in [0.25, 0.3) is 11.1 Å². The van der Waals surface area contributed by atoms with E-state index in [4.69, 9.17) is 9.47 Å². The largest absolute Gasteiger partial charge is 0.497 e. The van der Waals surface area contributed by atoms with Crippen molar-refractivity contribution in [2.75, 3.05) is 7.11 Å². The molecule has 204 valence electrons. The lowest BCUT2D eigenvalue weighted by Crippen LogP contribution is -2.48. The van der Waals surface area contributed by atoms with Crippen molar-refractivity contribution >= 4 is 5.97 Å². The average molecular weight is 529 g/mol. The molecule has 0 saturated heterocycles. The van der Waals surface area contributed by atoms with E-state index in [0.29, 0.717) is 17.9 Å². The molecule has 0 aliphatic heterocycles. The second-order valence-corrected chi connectivity index (χ2v) is 12.3. The van der Waals surface area contributed by atoms with E-state index >= 15 is 4.39 Å². The number of carbonyl (C=O) groups is 1. The molecule has 4 aliphatic rings. The molecule has 3 aromatic carbocycles. The Morgan fingerprint density at radius 3 is 2.33 bits per heavy atom. The van der Waals surface area contributed by atoms with Crippen molar-refractivity contribution in [3.05, 3.63) is 83.2 Å². The highest BCUT2D eigenvalue weighted by Gasteiger charge is 2.52. The van der Waals surface area contributed by atoms with E-state index in [1.807, 2.05) is 37.3 Å². The van der Waals surface area contributed by atoms with Crippen molar-refractivity contribution in [2.24, 2.45) is 17.8 Å². The van der Waals surface area contributed by atoms with Gasteiger partial charge in [0.25, 0.3) is 0 Å². The summed E-state index contributed by atoms with van der Waals surface area (Å²) in [5, 5.41) is 9.17. The fraction of sp³-hybridized carbons (Fsp3) is 0.441. The second-order valence-electron chi connectivity index (χ2n) is 12.3. The number of halogens is 1. The van der Waals surface area contributed by atoms with E-state index in [0.717, 1.165) is 40.2 Å². The number of benzene rings is 3. The molecular formula is C34H37FO4. The Hall–Kier alpha value is -3.34. The average Bonchev–Trinajstić information content (AvgIpc) is 2.91. The van der Waals surface area contributed by atoms with Gasteiger partial charge < -0.3 is 14.6 Å². The van der Waals surface area contributed by atoms with Gasteiger partial charge in [0.15, 0.2) is 0 Å². The zero-order valence-corrected chi connectivity index (χ0v) is 22.8. The molecule has 0 amide bonds. The second kappa shape index (κ2) is 10.3. The molecular weight excluding hydrogens is 491 g/mol. The summed E-state index contributed by atoms with van der Waals surface area (Å²) in [7, 11) is 1.62. The fourth-order valence-electron chi connectivity index (χ4n) is 8.09. The lowest BCUT2D eigenvalue weighted by Gasteiger charge is -2.57. The summed E-state index contributed by atoms with van der Waals surface area (Å²) in [6, 6.07) is 19.1. The molecule has 4 saturated carbocycles. The zero-order chi connectivity index (χ0) is 27.1. The zero-order valence-electron chi connectivity index (χ0n) is 22.8. The minimum Gasteiger partial charge on any atom is -0.497 e. The molecule has 3 aromatic rings. The number of hydrogen-bond acceptors (Lipinski definition) is 3. The summed E-state index contributed by atoms with van der Waals surface area (Å²) < 4.78 is 27.0. The van der Waals surface area contributed by atoms with Gasteiger partial charge in [0, 0.05) is 5.56 Å². The molecule has 0 spiro atoms. The van der Waals surface area contributed by atoms with Crippen LogP contribution in [0.5, 0.6) is 11.5 Å². The number of ether oxygens (including phenoxy) is 2. The van der Waals surface area contributed by atoms with Gasteiger partial charge in [-0.2, -0.15) is 0 Å². The molecule has 1 N–H and O–H groups in total. The predicted octanol–water partition coefficient (Wildman–Crippen LogP) is 8.13. The van der Waals surface area contributed by atoms with Crippen LogP contribution in [0.15, 0.2) is 60.7 Å². The van der Waals surface area contributed by atoms with Gasteiger partial charge in [0.1, 0.15) is 23.9 Å². The summed E-state index contributed by atoms with van der Waals surface area (Å²) in [4.78, 5) is 11.2. The van der Waals surface area contributed by atoms with Crippen LogP contribution >= 0.6 is 0 Å². The van der Waals surface area contributed by atoms with Crippen LogP contribution < -0.4 is 9.47 Å². The summed E-state index contributed by atoms with van der Waals surface area (Å²) in [6.45, 7) is 2.32. The summed E-state index contributed by atoms with van der Waals surface area (Å²) >= 11 is 0. The maximum absolute atomic E-state index is 15.3. The van der Waals surface area contributed by atoms with Crippen LogP contribution in [0.3, 0.4) is 0 Å². The van der Waals surface area contributed by atoms with Crippen LogP contribution in [0.2, 0.25) is 0 Å². The number of carboxylic acids is 1. The molecule has 4 nitrogen and oxygen atoms in total. The molecule has 4 aliphatic carbocycles. The molecule has 4 bridgehead atoms. The predicted molar refractivity (Wildman–Crippen MR) is 150 cm³/mol. The van der Waals surface area contributed by atoms with Gasteiger partial charge in [-0.25, -0.2) is 4.39 Å². The Kier molecular flexibility index (Phi) is 6.86. The summed E-state index contributed by atoms with van der Waals surface area (Å²) in [6.07, 6.45) is 7.69. The highest BCUT2D eigenvalue weighted by Crippen LogP contribution is 2.62. The van der Waals surface area contributed by atoms with Crippen LogP contribution in [0.4, 0.5) is 4.39 Å². The normalized spacial score (nSPS) is 25.9. The van der Waals surface area contributed by atoms with Crippen LogP contribution in [0.1, 0.15) is 74.5 Å². The SMILES string of the molecule is COc1ccc(F)c(-c2ccc(COc3cccc([C@H](C)CC(=O)O)c3)cc2C23CC4CC(CC(C4)C2)C3)c1. The van der Waals surface area contributed by atoms with Crippen molar-refractivity contribution in [1.29, 1.82) is 0 Å². The van der Waals surface area contributed by atoms with Gasteiger partial charge in [0.2, 0.25) is 0 Å². The van der Waals surface area contributed by atoms with Gasteiger partial charge in [0.05, 0.1) is 13.5 Å². The first kappa shape index (κ1) is 25.9. The van der Waals surface area contributed by atoms with E-state index in [1.54, 1.807) is 13.2 Å². The van der Waals surface area contributed by atoms with E-state index in [2.05, 4.69) is 18.2 Å². The van der Waals surface area contributed by atoms with E-state index in [1.165, 1.54) is 50.2 Å². The maximum atomic E-state index is 15.3. The molecule has 0 aromatic heterocycles. The number of hydrogen-bond donors (Lipinski definition) is 1. The third-order valence-corrected chi connectivity index (χ3v) is 9.47. The Bertz CT molecular complexity index is 1340. The smallest absolute Gasteiger partial charge is 0.303 e. The summed E-state index contributed by atoms with van der Waals surface area (Å²) in [5.74, 6) is 2.58. The van der Waals surface area contributed by atoms with Crippen LogP contribution in [-0.2, 0) is 16.8 Å². The number of aliphatic carboxylic acids is 1. The highest BCUT2D eigenvalue weighted by atomic mass is 19.1. The number of methoxy groups -OCH3 is 1. The minimum atomic E-state index is -0.807. The first-order chi connectivity index (χ1) is 18.8. The summed E-state index contributed by atoms with van der Waals surface area (Å²) in [5.41, 5.74) is 4.94. The van der Waals surface area contributed by atoms with Gasteiger partial charge in [-0.3, -0.25) is 4.79 Å².